The predicted octanol–water partition coefficient (Wildman–Crippen LogP) is 5.99. The Labute approximate surface area is 186 Å². The van der Waals surface area contributed by atoms with Gasteiger partial charge in [0.1, 0.15) is 0 Å². The lowest BCUT2D eigenvalue weighted by Crippen LogP contribution is -2.25. The van der Waals surface area contributed by atoms with Gasteiger partial charge in [0, 0.05) is 10.6 Å². The molecule has 0 radical (unpaired) electrons. The van der Waals surface area contributed by atoms with E-state index in [0.29, 0.717) is 27.5 Å². The number of anilines is 1. The second kappa shape index (κ2) is 9.02. The number of carbonyl (C=O) groups excluding carboxylic acids is 2. The third-order valence-electron chi connectivity index (χ3n) is 4.86. The van der Waals surface area contributed by atoms with E-state index >= 15 is 0 Å². The molecule has 1 amide bonds. The van der Waals surface area contributed by atoms with Crippen molar-refractivity contribution >= 4 is 40.9 Å². The van der Waals surface area contributed by atoms with Gasteiger partial charge in [-0.1, -0.05) is 60.1 Å². The van der Waals surface area contributed by atoms with Crippen molar-refractivity contribution in [3.63, 3.8) is 0 Å². The molecule has 31 heavy (non-hydrogen) atoms. The van der Waals surface area contributed by atoms with Crippen molar-refractivity contribution in [1.82, 2.24) is 0 Å². The summed E-state index contributed by atoms with van der Waals surface area (Å²) >= 11 is 6.06. The topological polar surface area (TPSA) is 46.6 Å². The molecule has 154 valence electrons. The van der Waals surface area contributed by atoms with E-state index in [9.17, 15) is 9.59 Å². The first-order valence-corrected chi connectivity index (χ1v) is 10.3. The van der Waals surface area contributed by atoms with Crippen LogP contribution >= 0.6 is 11.6 Å². The predicted molar refractivity (Wildman–Crippen MR) is 124 cm³/mol. The molecule has 4 rings (SSSR count). The molecule has 3 aromatic rings. The molecule has 1 aliphatic rings. The maximum atomic E-state index is 13.4. The number of esters is 1. The fraction of sp³-hybridized carbons (Fsp3) is 0.0769. The third-order valence-corrected chi connectivity index (χ3v) is 5.11. The van der Waals surface area contributed by atoms with Crippen LogP contribution in [-0.2, 0) is 9.53 Å². The molecule has 0 aliphatic carbocycles. The number of rotatable bonds is 5. The van der Waals surface area contributed by atoms with Gasteiger partial charge in [-0.25, -0.2) is 4.79 Å². The molecule has 0 saturated carbocycles. The minimum atomic E-state index is -0.423. The zero-order valence-corrected chi connectivity index (χ0v) is 17.7. The number of amides is 1. The molecule has 1 aliphatic heterocycles. The van der Waals surface area contributed by atoms with E-state index in [2.05, 4.69) is 0 Å². The molecular weight excluding hydrogens is 410 g/mol. The Morgan fingerprint density at radius 1 is 1.00 bits per heavy atom. The van der Waals surface area contributed by atoms with Crippen LogP contribution in [0.15, 0.2) is 90.5 Å². The molecule has 0 fully saturated rings. The minimum Gasteiger partial charge on any atom is -0.462 e. The van der Waals surface area contributed by atoms with E-state index in [4.69, 9.17) is 16.3 Å². The molecule has 3 aromatic carbocycles. The maximum Gasteiger partial charge on any atom is 0.338 e. The second-order valence-electron chi connectivity index (χ2n) is 6.96. The van der Waals surface area contributed by atoms with Crippen LogP contribution < -0.4 is 4.90 Å². The van der Waals surface area contributed by atoms with Gasteiger partial charge < -0.3 is 4.74 Å². The highest BCUT2D eigenvalue weighted by atomic mass is 35.5. The summed E-state index contributed by atoms with van der Waals surface area (Å²) in [6.07, 6.45) is 3.71. The van der Waals surface area contributed by atoms with Crippen molar-refractivity contribution in [2.24, 2.45) is 0 Å². The van der Waals surface area contributed by atoms with Gasteiger partial charge in [-0.3, -0.25) is 9.69 Å². The molecule has 5 heteroatoms. The van der Waals surface area contributed by atoms with Crippen molar-refractivity contribution in [2.75, 3.05) is 11.5 Å². The number of hydrogen-bond donors (Lipinski definition) is 0. The molecule has 0 N–H and O–H groups in total. The van der Waals surface area contributed by atoms with Crippen LogP contribution in [0.25, 0.3) is 11.8 Å². The average molecular weight is 430 g/mol. The Morgan fingerprint density at radius 3 is 2.45 bits per heavy atom. The number of carbonyl (C=O) groups is 2. The van der Waals surface area contributed by atoms with Crippen LogP contribution in [0.5, 0.6) is 0 Å². The van der Waals surface area contributed by atoms with Crippen molar-refractivity contribution < 1.29 is 14.3 Å². The number of halogens is 1. The van der Waals surface area contributed by atoms with Crippen molar-refractivity contribution in [3.8, 4) is 0 Å². The molecule has 0 saturated heterocycles. The Morgan fingerprint density at radius 2 is 1.74 bits per heavy atom. The summed E-state index contributed by atoms with van der Waals surface area (Å²) < 4.78 is 5.11. The highest BCUT2D eigenvalue weighted by Crippen LogP contribution is 2.36. The van der Waals surface area contributed by atoms with E-state index in [1.165, 1.54) is 0 Å². The van der Waals surface area contributed by atoms with E-state index in [1.807, 2.05) is 54.6 Å². The van der Waals surface area contributed by atoms with Gasteiger partial charge in [0.2, 0.25) is 0 Å². The number of benzene rings is 3. The molecule has 1 heterocycles. The van der Waals surface area contributed by atoms with Gasteiger partial charge in [0.15, 0.2) is 0 Å². The van der Waals surface area contributed by atoms with Gasteiger partial charge in [0.25, 0.3) is 5.91 Å². The Kier molecular flexibility index (Phi) is 6.01. The maximum absolute atomic E-state index is 13.4. The number of ether oxygens (including phenoxy) is 1. The zero-order valence-electron chi connectivity index (χ0n) is 16.9. The fourth-order valence-electron chi connectivity index (χ4n) is 3.42. The summed E-state index contributed by atoms with van der Waals surface area (Å²) in [4.78, 5) is 27.3. The Hall–Kier alpha value is -3.63. The molecule has 4 nitrogen and oxygen atoms in total. The van der Waals surface area contributed by atoms with Crippen LogP contribution in [0.3, 0.4) is 0 Å². The highest BCUT2D eigenvalue weighted by Gasteiger charge is 2.30. The van der Waals surface area contributed by atoms with Crippen LogP contribution in [0.4, 0.5) is 5.69 Å². The summed E-state index contributed by atoms with van der Waals surface area (Å²) in [6, 6.07) is 23.9. The van der Waals surface area contributed by atoms with Crippen molar-refractivity contribution in [2.45, 2.75) is 6.92 Å². The van der Waals surface area contributed by atoms with E-state index in [-0.39, 0.29) is 12.5 Å². The molecule has 0 bridgehead atoms. The molecule has 0 atom stereocenters. The SMILES string of the molecule is CCOC(=O)c1cccc(N2C(=O)/C(=C/c3ccccc3)C=C2c2ccc(Cl)cc2)c1. The molecule has 0 unspecified atom stereocenters. The zero-order chi connectivity index (χ0) is 21.8. The largest absolute Gasteiger partial charge is 0.462 e. The van der Waals surface area contributed by atoms with Gasteiger partial charge in [-0.15, -0.1) is 0 Å². The number of nitrogens with zero attached hydrogens (tertiary/aromatic N) is 1. The lowest BCUT2D eigenvalue weighted by Gasteiger charge is -2.21. The van der Waals surface area contributed by atoms with E-state index in [1.54, 1.807) is 48.2 Å². The standard InChI is InChI=1S/C26H20ClNO3/c1-2-31-26(30)20-9-6-10-23(16-20)28-24(19-11-13-22(27)14-12-19)17-21(25(28)29)15-18-7-4-3-5-8-18/h3-17H,2H2,1H3/b21-15+. The summed E-state index contributed by atoms with van der Waals surface area (Å²) in [5.74, 6) is -0.595. The lowest BCUT2D eigenvalue weighted by atomic mass is 10.1. The number of hydrogen-bond acceptors (Lipinski definition) is 3. The van der Waals surface area contributed by atoms with Crippen LogP contribution in [0.2, 0.25) is 5.02 Å². The van der Waals surface area contributed by atoms with E-state index in [0.717, 1.165) is 11.1 Å². The first kappa shape index (κ1) is 20.6. The quantitative estimate of drug-likeness (QED) is 0.369. The summed E-state index contributed by atoms with van der Waals surface area (Å²) in [5.41, 5.74) is 4.02. The van der Waals surface area contributed by atoms with Gasteiger partial charge >= 0.3 is 5.97 Å². The Balaban J connectivity index is 1.80. The smallest absolute Gasteiger partial charge is 0.338 e. The highest BCUT2D eigenvalue weighted by molar-refractivity contribution is 6.30. The van der Waals surface area contributed by atoms with Gasteiger partial charge in [-0.2, -0.15) is 0 Å². The first-order chi connectivity index (χ1) is 15.1. The first-order valence-electron chi connectivity index (χ1n) is 9.93. The lowest BCUT2D eigenvalue weighted by molar-refractivity contribution is -0.113. The van der Waals surface area contributed by atoms with Gasteiger partial charge in [0.05, 0.1) is 23.6 Å². The minimum absolute atomic E-state index is 0.171. The third kappa shape index (κ3) is 4.44. The van der Waals surface area contributed by atoms with Crippen molar-refractivity contribution in [1.29, 1.82) is 0 Å². The summed E-state index contributed by atoms with van der Waals surface area (Å²) in [5, 5.41) is 0.615. The fourth-order valence-corrected chi connectivity index (χ4v) is 3.55. The monoisotopic (exact) mass is 429 g/mol. The Bertz CT molecular complexity index is 1180. The van der Waals surface area contributed by atoms with E-state index < -0.39 is 5.97 Å². The average Bonchev–Trinajstić information content (AvgIpc) is 3.11. The van der Waals surface area contributed by atoms with Crippen LogP contribution in [-0.4, -0.2) is 18.5 Å². The second-order valence-corrected chi connectivity index (χ2v) is 7.39. The molecule has 0 spiro atoms. The van der Waals surface area contributed by atoms with Crippen LogP contribution in [0, 0.1) is 0 Å². The van der Waals surface area contributed by atoms with Crippen LogP contribution in [0.1, 0.15) is 28.4 Å². The van der Waals surface area contributed by atoms with Crippen molar-refractivity contribution in [3.05, 3.63) is 112 Å². The normalized spacial score (nSPS) is 14.6. The molecular formula is C26H20ClNO3. The molecule has 0 aromatic heterocycles. The van der Waals surface area contributed by atoms with Gasteiger partial charge in [-0.05, 0) is 60.5 Å². The summed E-state index contributed by atoms with van der Waals surface area (Å²) in [6.45, 7) is 2.04. The summed E-state index contributed by atoms with van der Waals surface area (Å²) in [7, 11) is 0.